The van der Waals surface area contributed by atoms with E-state index >= 15 is 0 Å². The van der Waals surface area contributed by atoms with Gasteiger partial charge in [0.2, 0.25) is 0 Å². The molecule has 2 aromatic carbocycles. The lowest BCUT2D eigenvalue weighted by Crippen LogP contribution is -2.43. The Hall–Kier alpha value is -3.04. The van der Waals surface area contributed by atoms with Gasteiger partial charge in [0, 0.05) is 60.6 Å². The molecule has 0 radical (unpaired) electrons. The van der Waals surface area contributed by atoms with Crippen LogP contribution in [0.1, 0.15) is 61.3 Å². The zero-order chi connectivity index (χ0) is 27.8. The van der Waals surface area contributed by atoms with Crippen molar-refractivity contribution in [2.45, 2.75) is 57.5 Å². The van der Waals surface area contributed by atoms with E-state index in [9.17, 15) is 0 Å². The number of aliphatic imine (C=N–C) groups is 1. The first-order valence-electron chi connectivity index (χ1n) is 15.0. The molecule has 1 aliphatic carbocycles. The highest BCUT2D eigenvalue weighted by molar-refractivity contribution is 6.30. The molecule has 3 aliphatic rings. The fourth-order valence-electron chi connectivity index (χ4n) is 6.19. The van der Waals surface area contributed by atoms with Gasteiger partial charge in [-0.3, -0.25) is 14.2 Å². The van der Waals surface area contributed by atoms with Crippen LogP contribution in [0.4, 0.5) is 0 Å². The lowest BCUT2D eigenvalue weighted by atomic mass is 9.96. The Morgan fingerprint density at radius 2 is 1.62 bits per heavy atom. The number of fused-ring (bicyclic) bond motifs is 4. The quantitative estimate of drug-likeness (QED) is 0.244. The number of hydrogen-bond donors (Lipinski definition) is 1. The van der Waals surface area contributed by atoms with Gasteiger partial charge in [-0.1, -0.05) is 42.6 Å². The van der Waals surface area contributed by atoms with E-state index in [0.717, 1.165) is 89.2 Å². The molecule has 2 aliphatic heterocycles. The van der Waals surface area contributed by atoms with Crippen LogP contribution in [0.5, 0.6) is 0 Å². The Kier molecular flexibility index (Phi) is 8.50. The summed E-state index contributed by atoms with van der Waals surface area (Å²) in [4.78, 5) is 7.95. The molecule has 220 valence electrons. The van der Waals surface area contributed by atoms with Crippen LogP contribution in [0.15, 0.2) is 59.9 Å². The molecule has 0 unspecified atom stereocenters. The van der Waals surface area contributed by atoms with Crippen LogP contribution in [0.3, 0.4) is 0 Å². The zero-order valence-electron chi connectivity index (χ0n) is 24.1. The SMILES string of the molecule is Cc1nnc2n1-c1ccc(-c3cnn(CCCCCCN4CCNCC4)c3)cc1C(c1ccc(Cl)cc1)=NC21CC1.Cl. The number of unbranched alkanes of at least 4 members (excludes halogenated alkanes) is 3. The molecule has 4 aromatic rings. The minimum Gasteiger partial charge on any atom is -0.314 e. The summed E-state index contributed by atoms with van der Waals surface area (Å²) in [6, 6.07) is 14.6. The van der Waals surface area contributed by atoms with Crippen LogP contribution in [0.2, 0.25) is 5.02 Å². The van der Waals surface area contributed by atoms with Crippen molar-refractivity contribution in [3.63, 3.8) is 0 Å². The topological polar surface area (TPSA) is 76.2 Å². The third-order valence-electron chi connectivity index (χ3n) is 8.69. The average Bonchev–Trinajstić information content (AvgIpc) is 3.47. The van der Waals surface area contributed by atoms with Crippen molar-refractivity contribution >= 4 is 29.7 Å². The van der Waals surface area contributed by atoms with Crippen molar-refractivity contribution in [3.05, 3.63) is 82.7 Å². The lowest BCUT2D eigenvalue weighted by Gasteiger charge is -2.26. The molecular weight excluding hydrogens is 567 g/mol. The minimum absolute atomic E-state index is 0. The van der Waals surface area contributed by atoms with Crippen molar-refractivity contribution in [2.24, 2.45) is 4.99 Å². The average molecular weight is 606 g/mol. The second-order valence-corrected chi connectivity index (χ2v) is 12.1. The van der Waals surface area contributed by atoms with Crippen molar-refractivity contribution in [1.29, 1.82) is 0 Å². The number of rotatable bonds is 9. The summed E-state index contributed by atoms with van der Waals surface area (Å²) in [5.41, 5.74) is 6.12. The summed E-state index contributed by atoms with van der Waals surface area (Å²) in [6.45, 7) is 8.82. The molecule has 1 saturated heterocycles. The van der Waals surface area contributed by atoms with E-state index in [1.807, 2.05) is 25.3 Å². The number of nitrogens with zero attached hydrogens (tertiary/aromatic N) is 7. The Balaban J connectivity index is 0.00000316. The van der Waals surface area contributed by atoms with Crippen LogP contribution in [-0.2, 0) is 12.1 Å². The number of halogens is 2. The van der Waals surface area contributed by atoms with E-state index in [-0.39, 0.29) is 17.9 Å². The second kappa shape index (κ2) is 12.3. The number of hydrogen-bond acceptors (Lipinski definition) is 6. The fraction of sp³-hybridized carbons (Fsp3) is 0.438. The molecule has 7 rings (SSSR count). The zero-order valence-corrected chi connectivity index (χ0v) is 25.7. The van der Waals surface area contributed by atoms with Crippen molar-refractivity contribution < 1.29 is 0 Å². The minimum atomic E-state index is -0.314. The van der Waals surface area contributed by atoms with Crippen molar-refractivity contribution in [2.75, 3.05) is 32.7 Å². The maximum atomic E-state index is 6.25. The number of piperazine rings is 1. The van der Waals surface area contributed by atoms with Crippen LogP contribution < -0.4 is 5.32 Å². The molecule has 2 fully saturated rings. The Bertz CT molecular complexity index is 1560. The molecular formula is C32H38Cl2N8. The van der Waals surface area contributed by atoms with Crippen molar-refractivity contribution in [3.8, 4) is 16.8 Å². The summed E-state index contributed by atoms with van der Waals surface area (Å²) in [5.74, 6) is 1.82. The second-order valence-electron chi connectivity index (χ2n) is 11.6. The molecule has 2 aromatic heterocycles. The van der Waals surface area contributed by atoms with Crippen LogP contribution in [0.25, 0.3) is 16.8 Å². The molecule has 1 saturated carbocycles. The van der Waals surface area contributed by atoms with E-state index in [1.54, 1.807) is 0 Å². The van der Waals surface area contributed by atoms with E-state index in [1.165, 1.54) is 38.9 Å². The molecule has 1 spiro atoms. The molecule has 0 amide bonds. The highest BCUT2D eigenvalue weighted by atomic mass is 35.5. The molecule has 0 bridgehead atoms. The predicted molar refractivity (Wildman–Crippen MR) is 170 cm³/mol. The Morgan fingerprint density at radius 3 is 2.38 bits per heavy atom. The van der Waals surface area contributed by atoms with Gasteiger partial charge in [-0.15, -0.1) is 22.6 Å². The largest absolute Gasteiger partial charge is 0.314 e. The molecule has 0 atom stereocenters. The number of aryl methyl sites for hydroxylation is 2. The van der Waals surface area contributed by atoms with Gasteiger partial charge in [-0.2, -0.15) is 5.10 Å². The maximum absolute atomic E-state index is 6.25. The third kappa shape index (κ3) is 5.78. The molecule has 10 heteroatoms. The normalized spacial score (nSPS) is 17.2. The Labute approximate surface area is 258 Å². The van der Waals surface area contributed by atoms with Gasteiger partial charge in [0.1, 0.15) is 11.4 Å². The highest BCUT2D eigenvalue weighted by Crippen LogP contribution is 2.51. The van der Waals surface area contributed by atoms with Gasteiger partial charge in [0.15, 0.2) is 5.82 Å². The Morgan fingerprint density at radius 1 is 0.881 bits per heavy atom. The molecule has 42 heavy (non-hydrogen) atoms. The van der Waals surface area contributed by atoms with Gasteiger partial charge in [-0.05, 0) is 69.0 Å². The first-order chi connectivity index (χ1) is 20.1. The summed E-state index contributed by atoms with van der Waals surface area (Å²) < 4.78 is 4.29. The maximum Gasteiger partial charge on any atom is 0.165 e. The van der Waals surface area contributed by atoms with Crippen LogP contribution in [0, 0.1) is 6.92 Å². The summed E-state index contributed by atoms with van der Waals surface area (Å²) in [6.07, 6.45) is 11.1. The van der Waals surface area contributed by atoms with Crippen LogP contribution in [-0.4, -0.2) is 67.9 Å². The smallest absolute Gasteiger partial charge is 0.165 e. The van der Waals surface area contributed by atoms with E-state index < -0.39 is 0 Å². The fourth-order valence-corrected chi connectivity index (χ4v) is 6.32. The number of nitrogens with one attached hydrogen (secondary N) is 1. The first kappa shape index (κ1) is 29.1. The summed E-state index contributed by atoms with van der Waals surface area (Å²) in [5, 5.41) is 17.9. The third-order valence-corrected chi connectivity index (χ3v) is 8.94. The standard InChI is InChI=1S/C32H37ClN8.ClH/c1-23-37-38-31-32(12-13-32)36-30(24-6-9-27(33)10-7-24)28-20-25(8-11-29(28)41(23)31)26-21-35-40(22-26)17-5-3-2-4-16-39-18-14-34-15-19-39;/h6-11,20-22,34H,2-5,12-19H2,1H3;1H. The molecule has 1 N–H and O–H groups in total. The van der Waals surface area contributed by atoms with Gasteiger partial charge in [-0.25, -0.2) is 0 Å². The molecule has 8 nitrogen and oxygen atoms in total. The van der Waals surface area contributed by atoms with E-state index in [2.05, 4.69) is 66.2 Å². The van der Waals surface area contributed by atoms with Gasteiger partial charge in [0.25, 0.3) is 0 Å². The number of aromatic nitrogens is 5. The number of benzene rings is 2. The van der Waals surface area contributed by atoms with Gasteiger partial charge >= 0.3 is 0 Å². The first-order valence-corrected chi connectivity index (χ1v) is 15.4. The summed E-state index contributed by atoms with van der Waals surface area (Å²) in [7, 11) is 0. The summed E-state index contributed by atoms with van der Waals surface area (Å²) >= 11 is 6.25. The van der Waals surface area contributed by atoms with Crippen molar-refractivity contribution in [1.82, 2.24) is 34.8 Å². The van der Waals surface area contributed by atoms with E-state index in [4.69, 9.17) is 21.7 Å². The lowest BCUT2D eigenvalue weighted by molar-refractivity contribution is 0.236. The van der Waals surface area contributed by atoms with Gasteiger partial charge in [0.05, 0.1) is 17.6 Å². The predicted octanol–water partition coefficient (Wildman–Crippen LogP) is 5.82. The highest BCUT2D eigenvalue weighted by Gasteiger charge is 2.51. The van der Waals surface area contributed by atoms with E-state index in [0.29, 0.717) is 0 Å². The monoisotopic (exact) mass is 604 g/mol. The molecule has 4 heterocycles. The van der Waals surface area contributed by atoms with Gasteiger partial charge < -0.3 is 10.2 Å². The van der Waals surface area contributed by atoms with Crippen LogP contribution >= 0.6 is 24.0 Å².